The fourth-order valence-electron chi connectivity index (χ4n) is 6.43. The number of aromatic nitrogens is 2. The number of hydrogen-bond acceptors (Lipinski definition) is 0. The summed E-state index contributed by atoms with van der Waals surface area (Å²) < 4.78 is 4.91. The molecule has 2 aromatic heterocycles. The van der Waals surface area contributed by atoms with E-state index in [2.05, 4.69) is 138 Å². The minimum atomic E-state index is 0.638. The predicted molar refractivity (Wildman–Crippen MR) is 163 cm³/mol. The van der Waals surface area contributed by atoms with Gasteiger partial charge in [0.05, 0.1) is 22.1 Å². The van der Waals surface area contributed by atoms with Crippen molar-refractivity contribution in [3.8, 4) is 11.4 Å². The van der Waals surface area contributed by atoms with Gasteiger partial charge in [-0.1, -0.05) is 99.5 Å². The Morgan fingerprint density at radius 2 is 0.895 bits per heavy atom. The Kier molecular flexibility index (Phi) is 5.55. The minimum absolute atomic E-state index is 0.638. The Labute approximate surface area is 223 Å². The Hall–Kier alpha value is -4.30. The van der Waals surface area contributed by atoms with Gasteiger partial charge in [-0.2, -0.15) is 0 Å². The first-order valence-corrected chi connectivity index (χ1v) is 13.8. The maximum atomic E-state index is 2.45. The highest BCUT2D eigenvalue weighted by Crippen LogP contribution is 2.36. The third kappa shape index (κ3) is 3.63. The van der Waals surface area contributed by atoms with Crippen LogP contribution in [-0.4, -0.2) is 9.13 Å². The average Bonchev–Trinajstić information content (AvgIpc) is 3.46. The van der Waals surface area contributed by atoms with Crippen molar-refractivity contribution in [1.29, 1.82) is 0 Å². The highest BCUT2D eigenvalue weighted by Gasteiger charge is 2.17. The molecule has 0 fully saturated rings. The maximum absolute atomic E-state index is 2.45. The van der Waals surface area contributed by atoms with Gasteiger partial charge in [0.1, 0.15) is 0 Å². The average molecular weight is 493 g/mol. The van der Waals surface area contributed by atoms with Crippen LogP contribution in [0.3, 0.4) is 0 Å². The summed E-state index contributed by atoms with van der Waals surface area (Å²) in [5.74, 6) is 0.638. The predicted octanol–water partition coefficient (Wildman–Crippen LogP) is 9.86. The monoisotopic (exact) mass is 492 g/mol. The summed E-state index contributed by atoms with van der Waals surface area (Å²) in [5, 5.41) is 5.19. The SMILES string of the molecule is CCCC(C)Cc1cc(-n2c3ccccc3c3ccccc32)cc(-n2c3ccccc3c3ccccc32)c1. The smallest absolute Gasteiger partial charge is 0.0541 e. The van der Waals surface area contributed by atoms with E-state index in [9.17, 15) is 0 Å². The van der Waals surface area contributed by atoms with Gasteiger partial charge >= 0.3 is 0 Å². The van der Waals surface area contributed by atoms with Crippen molar-refractivity contribution >= 4 is 43.6 Å². The van der Waals surface area contributed by atoms with E-state index in [1.165, 1.54) is 73.4 Å². The van der Waals surface area contributed by atoms with Crippen molar-refractivity contribution in [2.45, 2.75) is 33.1 Å². The second-order valence-corrected chi connectivity index (χ2v) is 10.7. The van der Waals surface area contributed by atoms with Crippen molar-refractivity contribution in [2.24, 2.45) is 5.92 Å². The lowest BCUT2D eigenvalue weighted by molar-refractivity contribution is 0.522. The summed E-state index contributed by atoms with van der Waals surface area (Å²) in [6.07, 6.45) is 3.53. The van der Waals surface area contributed by atoms with Crippen LogP contribution in [0.2, 0.25) is 0 Å². The summed E-state index contributed by atoms with van der Waals surface area (Å²) in [7, 11) is 0. The Bertz CT molecular complexity index is 1700. The van der Waals surface area contributed by atoms with E-state index in [4.69, 9.17) is 0 Å². The molecule has 186 valence electrons. The molecule has 1 atom stereocenters. The van der Waals surface area contributed by atoms with E-state index in [1.807, 2.05) is 0 Å². The van der Waals surface area contributed by atoms with Gasteiger partial charge in [0, 0.05) is 32.9 Å². The van der Waals surface area contributed by atoms with Crippen LogP contribution in [0.15, 0.2) is 115 Å². The molecule has 1 unspecified atom stereocenters. The van der Waals surface area contributed by atoms with Crippen LogP contribution in [0, 0.1) is 5.92 Å². The first kappa shape index (κ1) is 22.9. The fraction of sp³-hybridized carbons (Fsp3) is 0.167. The molecule has 0 aliphatic carbocycles. The maximum Gasteiger partial charge on any atom is 0.0541 e. The molecule has 0 saturated carbocycles. The van der Waals surface area contributed by atoms with Gasteiger partial charge in [0.2, 0.25) is 0 Å². The number of benzene rings is 5. The lowest BCUT2D eigenvalue weighted by Crippen LogP contribution is -2.04. The summed E-state index contributed by atoms with van der Waals surface area (Å²) in [6, 6.07) is 42.4. The standard InChI is InChI=1S/C36H32N2/c1-3-12-25(2)21-26-22-27(37-33-17-8-4-13-29(33)30-14-5-9-18-34(30)37)24-28(23-26)38-35-19-10-6-15-31(35)32-16-7-11-20-36(32)38/h4-11,13-20,22-25H,3,12,21H2,1-2H3. The molecule has 7 aromatic rings. The highest BCUT2D eigenvalue weighted by atomic mass is 15.0. The van der Waals surface area contributed by atoms with Crippen molar-refractivity contribution in [3.05, 3.63) is 121 Å². The van der Waals surface area contributed by atoms with Gasteiger partial charge in [-0.3, -0.25) is 0 Å². The Morgan fingerprint density at radius 3 is 1.26 bits per heavy atom. The lowest BCUT2D eigenvalue weighted by atomic mass is 9.96. The third-order valence-corrected chi connectivity index (χ3v) is 8.00. The third-order valence-electron chi connectivity index (χ3n) is 8.00. The van der Waals surface area contributed by atoms with E-state index in [1.54, 1.807) is 0 Å². The molecule has 0 spiro atoms. The zero-order chi connectivity index (χ0) is 25.6. The molecule has 0 radical (unpaired) electrons. The van der Waals surface area contributed by atoms with Crippen LogP contribution in [0.1, 0.15) is 32.3 Å². The molecule has 0 bridgehead atoms. The molecule has 0 amide bonds. The molecule has 0 aliphatic rings. The molecule has 2 nitrogen and oxygen atoms in total. The Balaban J connectivity index is 1.55. The van der Waals surface area contributed by atoms with Crippen LogP contribution >= 0.6 is 0 Å². The van der Waals surface area contributed by atoms with Gasteiger partial charge in [0.15, 0.2) is 0 Å². The number of fused-ring (bicyclic) bond motifs is 6. The zero-order valence-corrected chi connectivity index (χ0v) is 22.1. The summed E-state index contributed by atoms with van der Waals surface area (Å²) in [6.45, 7) is 4.67. The lowest BCUT2D eigenvalue weighted by Gasteiger charge is -2.17. The number of rotatable bonds is 6. The molecule has 2 heterocycles. The van der Waals surface area contributed by atoms with Crippen molar-refractivity contribution < 1.29 is 0 Å². The fourth-order valence-corrected chi connectivity index (χ4v) is 6.43. The first-order chi connectivity index (χ1) is 18.7. The van der Waals surface area contributed by atoms with Crippen LogP contribution in [0.25, 0.3) is 55.0 Å². The minimum Gasteiger partial charge on any atom is -0.309 e. The van der Waals surface area contributed by atoms with E-state index in [0.29, 0.717) is 5.92 Å². The van der Waals surface area contributed by atoms with Gasteiger partial charge in [0.25, 0.3) is 0 Å². The van der Waals surface area contributed by atoms with E-state index in [-0.39, 0.29) is 0 Å². The Morgan fingerprint density at radius 1 is 0.526 bits per heavy atom. The van der Waals surface area contributed by atoms with Crippen LogP contribution in [-0.2, 0) is 6.42 Å². The van der Waals surface area contributed by atoms with Gasteiger partial charge in [-0.25, -0.2) is 0 Å². The summed E-state index contributed by atoms with van der Waals surface area (Å²) in [4.78, 5) is 0. The quantitative estimate of drug-likeness (QED) is 0.219. The van der Waals surface area contributed by atoms with Crippen LogP contribution in [0.5, 0.6) is 0 Å². The molecular formula is C36H32N2. The van der Waals surface area contributed by atoms with Crippen LogP contribution < -0.4 is 0 Å². The molecule has 5 aromatic carbocycles. The molecular weight excluding hydrogens is 460 g/mol. The van der Waals surface area contributed by atoms with Crippen molar-refractivity contribution in [2.75, 3.05) is 0 Å². The second kappa shape index (κ2) is 9.22. The molecule has 0 aliphatic heterocycles. The molecule has 2 heteroatoms. The van der Waals surface area contributed by atoms with Crippen molar-refractivity contribution in [3.63, 3.8) is 0 Å². The van der Waals surface area contributed by atoms with E-state index >= 15 is 0 Å². The van der Waals surface area contributed by atoms with Gasteiger partial charge < -0.3 is 9.13 Å². The molecule has 0 saturated heterocycles. The van der Waals surface area contributed by atoms with E-state index in [0.717, 1.165) is 6.42 Å². The normalized spacial score (nSPS) is 12.7. The summed E-state index contributed by atoms with van der Waals surface area (Å²) >= 11 is 0. The number of nitrogens with zero attached hydrogens (tertiary/aromatic N) is 2. The largest absolute Gasteiger partial charge is 0.309 e. The highest BCUT2D eigenvalue weighted by molar-refractivity contribution is 6.10. The topological polar surface area (TPSA) is 9.86 Å². The van der Waals surface area contributed by atoms with Gasteiger partial charge in [-0.15, -0.1) is 0 Å². The molecule has 0 N–H and O–H groups in total. The zero-order valence-electron chi connectivity index (χ0n) is 22.1. The second-order valence-electron chi connectivity index (χ2n) is 10.7. The van der Waals surface area contributed by atoms with Gasteiger partial charge in [-0.05, 0) is 60.4 Å². The molecule has 38 heavy (non-hydrogen) atoms. The summed E-state index contributed by atoms with van der Waals surface area (Å²) in [5.41, 5.74) is 8.84. The number of para-hydroxylation sites is 4. The first-order valence-electron chi connectivity index (χ1n) is 13.8. The van der Waals surface area contributed by atoms with Crippen LogP contribution in [0.4, 0.5) is 0 Å². The number of hydrogen-bond donors (Lipinski definition) is 0. The molecule has 7 rings (SSSR count). The van der Waals surface area contributed by atoms with Crippen molar-refractivity contribution in [1.82, 2.24) is 9.13 Å². The van der Waals surface area contributed by atoms with E-state index < -0.39 is 0 Å².